The van der Waals surface area contributed by atoms with Gasteiger partial charge in [-0.05, 0) is 51.4 Å². The molecule has 3 N–H and O–H groups in total. The topological polar surface area (TPSA) is 134 Å². The number of phosphoric acid groups is 1. The quantitative estimate of drug-likeness (QED) is 0.0264. The molecule has 0 aliphatic rings. The molecule has 0 aromatic carbocycles. The zero-order valence-corrected chi connectivity index (χ0v) is 53.3. The van der Waals surface area contributed by atoms with Gasteiger partial charge < -0.3 is 20.1 Å². The third-order valence-electron chi connectivity index (χ3n) is 15.5. The van der Waals surface area contributed by atoms with Crippen LogP contribution in [0.4, 0.5) is 0 Å². The Morgan fingerprint density at radius 3 is 1.00 bits per heavy atom. The third kappa shape index (κ3) is 65.3. The zero-order chi connectivity index (χ0) is 57.3. The second kappa shape index (κ2) is 65.4. The van der Waals surface area contributed by atoms with E-state index in [1.54, 1.807) is 0 Å². The highest BCUT2D eigenvalue weighted by atomic mass is 31.2. The lowest BCUT2D eigenvalue weighted by Gasteiger charge is -2.19. The van der Waals surface area contributed by atoms with Crippen LogP contribution in [0, 0.1) is 0 Å². The van der Waals surface area contributed by atoms with Gasteiger partial charge in [0.05, 0.1) is 13.2 Å². The van der Waals surface area contributed by atoms with E-state index in [4.69, 9.17) is 24.3 Å². The minimum Gasteiger partial charge on any atom is -0.462 e. The molecular formula is C69H132NO8P. The average Bonchev–Trinajstić information content (AvgIpc) is 3.44. The summed E-state index contributed by atoms with van der Waals surface area (Å²) in [5, 5.41) is 0. The van der Waals surface area contributed by atoms with E-state index >= 15 is 0 Å². The number of phosphoric ester groups is 1. The molecule has 0 aliphatic heterocycles. The van der Waals surface area contributed by atoms with E-state index in [0.29, 0.717) is 6.42 Å². The monoisotopic (exact) mass is 1130 g/mol. The molecule has 0 saturated heterocycles. The molecule has 0 bridgehead atoms. The number of unbranched alkanes of at least 4 members (excludes halogenated alkanes) is 47. The van der Waals surface area contributed by atoms with Crippen molar-refractivity contribution in [2.24, 2.45) is 5.73 Å². The van der Waals surface area contributed by atoms with Crippen molar-refractivity contribution in [1.82, 2.24) is 0 Å². The fourth-order valence-corrected chi connectivity index (χ4v) is 11.2. The molecule has 0 amide bonds. The van der Waals surface area contributed by atoms with E-state index in [2.05, 4.69) is 50.3 Å². The number of rotatable bonds is 66. The lowest BCUT2D eigenvalue weighted by Crippen LogP contribution is -2.29. The molecule has 79 heavy (non-hydrogen) atoms. The van der Waals surface area contributed by atoms with Gasteiger partial charge in [0.2, 0.25) is 0 Å². The first-order valence-electron chi connectivity index (χ1n) is 34.5. The molecule has 2 unspecified atom stereocenters. The minimum atomic E-state index is -4.39. The van der Waals surface area contributed by atoms with Crippen molar-refractivity contribution in [1.29, 1.82) is 0 Å². The van der Waals surface area contributed by atoms with Crippen molar-refractivity contribution in [3.63, 3.8) is 0 Å². The highest BCUT2D eigenvalue weighted by Crippen LogP contribution is 2.43. The molecule has 2 atom stereocenters. The second-order valence-corrected chi connectivity index (χ2v) is 24.9. The van der Waals surface area contributed by atoms with Crippen LogP contribution in [0.3, 0.4) is 0 Å². The molecular weight excluding hydrogens is 1000 g/mol. The number of ether oxygens (including phenoxy) is 2. The molecule has 0 aliphatic carbocycles. The Bertz CT molecular complexity index is 1390. The lowest BCUT2D eigenvalue weighted by molar-refractivity contribution is -0.161. The third-order valence-corrected chi connectivity index (χ3v) is 16.5. The van der Waals surface area contributed by atoms with E-state index in [-0.39, 0.29) is 38.6 Å². The predicted molar refractivity (Wildman–Crippen MR) is 340 cm³/mol. The van der Waals surface area contributed by atoms with Crippen molar-refractivity contribution >= 4 is 19.8 Å². The number of carbonyl (C=O) groups is 2. The fraction of sp³-hybridized carbons (Fsp3) is 0.884. The van der Waals surface area contributed by atoms with Gasteiger partial charge in [0.25, 0.3) is 0 Å². The molecule has 466 valence electrons. The molecule has 0 aromatic rings. The summed E-state index contributed by atoms with van der Waals surface area (Å²) in [7, 11) is -4.39. The Balaban J connectivity index is 3.74. The fourth-order valence-electron chi connectivity index (χ4n) is 10.4. The maximum atomic E-state index is 12.7. The summed E-state index contributed by atoms with van der Waals surface area (Å²) in [6, 6.07) is 0. The van der Waals surface area contributed by atoms with Crippen molar-refractivity contribution < 1.29 is 37.6 Å². The number of hydrogen-bond donors (Lipinski definition) is 2. The average molecular weight is 1130 g/mol. The van der Waals surface area contributed by atoms with Crippen LogP contribution >= 0.6 is 7.82 Å². The summed E-state index contributed by atoms with van der Waals surface area (Å²) in [5.41, 5.74) is 5.39. The number of nitrogens with two attached hydrogens (primary N) is 1. The Kier molecular flexibility index (Phi) is 63.9. The van der Waals surface area contributed by atoms with E-state index < -0.39 is 26.5 Å². The van der Waals surface area contributed by atoms with Crippen LogP contribution in [0.2, 0.25) is 0 Å². The number of hydrogen-bond acceptors (Lipinski definition) is 8. The van der Waals surface area contributed by atoms with Crippen molar-refractivity contribution in [3.8, 4) is 0 Å². The second-order valence-electron chi connectivity index (χ2n) is 23.4. The van der Waals surface area contributed by atoms with E-state index in [1.807, 2.05) is 0 Å². The summed E-state index contributed by atoms with van der Waals surface area (Å²) in [5.74, 6) is -0.826. The van der Waals surface area contributed by atoms with Crippen LogP contribution in [0.5, 0.6) is 0 Å². The standard InChI is InChI=1S/C69H132NO8P/c1-3-5-7-9-11-13-15-17-19-21-23-24-25-26-27-28-29-30-31-32-33-34-35-36-37-38-39-40-41-42-44-45-47-49-51-53-55-57-59-61-68(71)75-65-67(66-77-79(73,74)76-64-63-70)78-69(72)62-60-58-56-54-52-50-48-46-43-22-20-18-16-14-12-10-8-6-4-2/h12,14,18,20,43,46,67H,3-11,13,15-17,19,21-42,44-45,47-66,70H2,1-2H3,(H,73,74)/b14-12-,20-18-,46-43-. The SMILES string of the molecule is CCCCC/C=C\C/C=C\C/C=C\CCCCCCCCC(=O)OC(COC(=O)CCCCCCCCCCCCCCCCCCCCCCCCCCCCCCCCCCCCCCCCC)COP(=O)(O)OCCN. The summed E-state index contributed by atoms with van der Waals surface area (Å²) in [6.07, 6.45) is 81.2. The Hall–Kier alpha value is -1.77. The molecule has 9 nitrogen and oxygen atoms in total. The maximum Gasteiger partial charge on any atom is 0.472 e. The molecule has 0 spiro atoms. The number of esters is 2. The van der Waals surface area contributed by atoms with Crippen molar-refractivity contribution in [3.05, 3.63) is 36.5 Å². The van der Waals surface area contributed by atoms with Crippen LogP contribution < -0.4 is 5.73 Å². The van der Waals surface area contributed by atoms with Gasteiger partial charge in [0.1, 0.15) is 6.61 Å². The first-order valence-corrected chi connectivity index (χ1v) is 36.0. The number of allylic oxidation sites excluding steroid dienone is 6. The largest absolute Gasteiger partial charge is 0.472 e. The lowest BCUT2D eigenvalue weighted by atomic mass is 10.0. The predicted octanol–water partition coefficient (Wildman–Crippen LogP) is 22.3. The highest BCUT2D eigenvalue weighted by Gasteiger charge is 2.26. The van der Waals surface area contributed by atoms with Crippen molar-refractivity contribution in [2.75, 3.05) is 26.4 Å². The van der Waals surface area contributed by atoms with Gasteiger partial charge in [-0.15, -0.1) is 0 Å². The molecule has 0 fully saturated rings. The van der Waals surface area contributed by atoms with E-state index in [9.17, 15) is 19.0 Å². The molecule has 0 heterocycles. The highest BCUT2D eigenvalue weighted by molar-refractivity contribution is 7.47. The summed E-state index contributed by atoms with van der Waals surface area (Å²) in [6.45, 7) is 3.76. The molecule has 0 radical (unpaired) electrons. The zero-order valence-electron chi connectivity index (χ0n) is 52.4. The van der Waals surface area contributed by atoms with Gasteiger partial charge in [-0.25, -0.2) is 4.57 Å². The Morgan fingerprint density at radius 2 is 0.658 bits per heavy atom. The summed E-state index contributed by atoms with van der Waals surface area (Å²) < 4.78 is 33.1. The number of carbonyl (C=O) groups excluding carboxylic acids is 2. The van der Waals surface area contributed by atoms with Crippen LogP contribution in [-0.2, 0) is 32.7 Å². The first-order chi connectivity index (χ1) is 38.8. The Labute approximate surface area is 490 Å². The smallest absolute Gasteiger partial charge is 0.462 e. The molecule has 0 aromatic heterocycles. The van der Waals surface area contributed by atoms with E-state index in [1.165, 1.54) is 257 Å². The van der Waals surface area contributed by atoms with Crippen molar-refractivity contribution in [2.45, 2.75) is 367 Å². The van der Waals surface area contributed by atoms with Crippen LogP contribution in [0.1, 0.15) is 361 Å². The summed E-state index contributed by atoms with van der Waals surface area (Å²) >= 11 is 0. The van der Waals surface area contributed by atoms with Gasteiger partial charge in [0, 0.05) is 19.4 Å². The van der Waals surface area contributed by atoms with Gasteiger partial charge in [-0.3, -0.25) is 18.6 Å². The van der Waals surface area contributed by atoms with Crippen LogP contribution in [0.25, 0.3) is 0 Å². The van der Waals surface area contributed by atoms with Gasteiger partial charge >= 0.3 is 19.8 Å². The molecule has 0 rings (SSSR count). The minimum absolute atomic E-state index is 0.0520. The normalized spacial score (nSPS) is 13.1. The van der Waals surface area contributed by atoms with Gasteiger partial charge in [0.15, 0.2) is 6.10 Å². The van der Waals surface area contributed by atoms with Gasteiger partial charge in [-0.1, -0.05) is 333 Å². The van der Waals surface area contributed by atoms with Crippen LogP contribution in [-0.4, -0.2) is 49.3 Å². The first kappa shape index (κ1) is 77.2. The summed E-state index contributed by atoms with van der Waals surface area (Å²) in [4.78, 5) is 35.2. The molecule has 10 heteroatoms. The maximum absolute atomic E-state index is 12.7. The Morgan fingerprint density at radius 1 is 0.380 bits per heavy atom. The molecule has 0 saturated carbocycles. The van der Waals surface area contributed by atoms with Crippen LogP contribution in [0.15, 0.2) is 36.5 Å². The van der Waals surface area contributed by atoms with Gasteiger partial charge in [-0.2, -0.15) is 0 Å². The van der Waals surface area contributed by atoms with E-state index in [0.717, 1.165) is 70.6 Å².